The monoisotopic (exact) mass is 448 g/mol. The molecule has 5 heteroatoms. The highest BCUT2D eigenvalue weighted by Crippen LogP contribution is 2.51. The van der Waals surface area contributed by atoms with Crippen LogP contribution in [0.5, 0.6) is 0 Å². The molecule has 182 valence electrons. The van der Waals surface area contributed by atoms with Crippen molar-refractivity contribution in [3.63, 3.8) is 0 Å². The van der Waals surface area contributed by atoms with Gasteiger partial charge in [-0.15, -0.1) is 0 Å². The van der Waals surface area contributed by atoms with E-state index in [1.54, 1.807) is 0 Å². The highest BCUT2D eigenvalue weighted by Gasteiger charge is 2.51. The van der Waals surface area contributed by atoms with Crippen LogP contribution in [0.4, 0.5) is 0 Å². The summed E-state index contributed by atoms with van der Waals surface area (Å²) in [5, 5.41) is 10.7. The Balaban J connectivity index is 1.44. The summed E-state index contributed by atoms with van der Waals surface area (Å²) in [6.07, 6.45) is 17.2. The van der Waals surface area contributed by atoms with Crippen molar-refractivity contribution in [1.29, 1.82) is 0 Å². The summed E-state index contributed by atoms with van der Waals surface area (Å²) in [4.78, 5) is 0. The van der Waals surface area contributed by atoms with Crippen LogP contribution >= 0.6 is 0 Å². The van der Waals surface area contributed by atoms with Crippen molar-refractivity contribution in [2.45, 2.75) is 115 Å². The van der Waals surface area contributed by atoms with E-state index in [9.17, 15) is 5.11 Å². The van der Waals surface area contributed by atoms with Gasteiger partial charge < -0.3 is 24.1 Å². The fraction of sp³-hybridized carbons (Fsp3) is 0.852. The Morgan fingerprint density at radius 2 is 1.81 bits per heavy atom. The van der Waals surface area contributed by atoms with Gasteiger partial charge in [0.05, 0.1) is 18.3 Å². The van der Waals surface area contributed by atoms with E-state index in [0.717, 1.165) is 63.7 Å². The first-order valence-corrected chi connectivity index (χ1v) is 13.2. The second-order valence-electron chi connectivity index (χ2n) is 10.3. The van der Waals surface area contributed by atoms with Crippen LogP contribution in [0.1, 0.15) is 84.0 Å². The summed E-state index contributed by atoms with van der Waals surface area (Å²) in [6, 6.07) is 0. The number of aliphatic hydroxyl groups excluding tert-OH is 1. The first-order chi connectivity index (χ1) is 15.7. The van der Waals surface area contributed by atoms with Gasteiger partial charge in [0.15, 0.2) is 12.6 Å². The third kappa shape index (κ3) is 6.24. The third-order valence-electron chi connectivity index (χ3n) is 7.87. The van der Waals surface area contributed by atoms with Crippen LogP contribution in [0.2, 0.25) is 0 Å². The molecule has 0 aromatic carbocycles. The van der Waals surface area contributed by atoms with Crippen molar-refractivity contribution >= 4 is 0 Å². The quantitative estimate of drug-likeness (QED) is 0.352. The van der Waals surface area contributed by atoms with Crippen LogP contribution in [0.25, 0.3) is 0 Å². The van der Waals surface area contributed by atoms with Crippen molar-refractivity contribution < 1.29 is 24.1 Å². The minimum absolute atomic E-state index is 0.0739. The molecule has 2 aliphatic heterocycles. The maximum Gasteiger partial charge on any atom is 0.158 e. The van der Waals surface area contributed by atoms with Crippen molar-refractivity contribution in [3.8, 4) is 0 Å². The lowest BCUT2D eigenvalue weighted by Crippen LogP contribution is -2.31. The first kappa shape index (κ1) is 24.4. The van der Waals surface area contributed by atoms with E-state index in [1.165, 1.54) is 32.1 Å². The molecule has 0 bridgehead atoms. The molecule has 4 aliphatic rings. The minimum atomic E-state index is -0.399. The number of rotatable bonds is 10. The van der Waals surface area contributed by atoms with Gasteiger partial charge in [0.1, 0.15) is 0 Å². The molecule has 8 atom stereocenters. The predicted octanol–water partition coefficient (Wildman–Crippen LogP) is 5.52. The fourth-order valence-electron chi connectivity index (χ4n) is 6.04. The van der Waals surface area contributed by atoms with E-state index in [4.69, 9.17) is 18.9 Å². The zero-order chi connectivity index (χ0) is 22.3. The van der Waals surface area contributed by atoms with Gasteiger partial charge in [0.2, 0.25) is 0 Å². The highest BCUT2D eigenvalue weighted by molar-refractivity contribution is 5.20. The number of ether oxygens (including phenoxy) is 4. The summed E-state index contributed by atoms with van der Waals surface area (Å²) >= 11 is 0. The summed E-state index contributed by atoms with van der Waals surface area (Å²) in [5.41, 5.74) is 0.983. The van der Waals surface area contributed by atoms with Crippen LogP contribution in [-0.2, 0) is 18.9 Å². The minimum Gasteiger partial charge on any atom is -0.388 e. The molecule has 2 saturated heterocycles. The van der Waals surface area contributed by atoms with Gasteiger partial charge in [0.25, 0.3) is 0 Å². The molecule has 3 unspecified atom stereocenters. The fourth-order valence-corrected chi connectivity index (χ4v) is 6.04. The zero-order valence-corrected chi connectivity index (χ0v) is 20.0. The Kier molecular flexibility index (Phi) is 9.24. The molecule has 2 heterocycles. The lowest BCUT2D eigenvalue weighted by molar-refractivity contribution is -0.193. The van der Waals surface area contributed by atoms with Crippen molar-refractivity contribution in [3.05, 3.63) is 24.3 Å². The standard InChI is InChI=1S/C27H44O5/c1-3-4-5-10-20(31-25-11-6-8-15-29-25)13-14-21-22-17-19(2)27(28)23(22)18-24(21)32-26-12-7-9-16-30-26/h13-14,20-28H,2-12,15-18H2,1H3/t20-,21-,22+,23-,24+,25?,26?,27?/m0/s1. The smallest absolute Gasteiger partial charge is 0.158 e. The number of unbranched alkanes of at least 4 members (excludes halogenated alkanes) is 2. The van der Waals surface area contributed by atoms with Gasteiger partial charge in [0, 0.05) is 19.1 Å². The summed E-state index contributed by atoms with van der Waals surface area (Å²) in [7, 11) is 0. The normalized spacial score (nSPS) is 38.9. The second kappa shape index (κ2) is 12.1. The Hall–Kier alpha value is -0.720. The maximum absolute atomic E-state index is 10.7. The first-order valence-electron chi connectivity index (χ1n) is 13.2. The van der Waals surface area contributed by atoms with Crippen LogP contribution < -0.4 is 0 Å². The van der Waals surface area contributed by atoms with Crippen molar-refractivity contribution in [2.75, 3.05) is 13.2 Å². The topological polar surface area (TPSA) is 57.2 Å². The second-order valence-corrected chi connectivity index (χ2v) is 10.3. The van der Waals surface area contributed by atoms with E-state index in [0.29, 0.717) is 5.92 Å². The molecule has 2 saturated carbocycles. The van der Waals surface area contributed by atoms with E-state index >= 15 is 0 Å². The van der Waals surface area contributed by atoms with Crippen LogP contribution in [-0.4, -0.2) is 49.2 Å². The molecule has 1 N–H and O–H groups in total. The molecule has 0 amide bonds. The largest absolute Gasteiger partial charge is 0.388 e. The van der Waals surface area contributed by atoms with Gasteiger partial charge in [-0.25, -0.2) is 0 Å². The number of hydrogen-bond donors (Lipinski definition) is 1. The molecular formula is C27H44O5. The van der Waals surface area contributed by atoms with Gasteiger partial charge in [-0.05, 0) is 75.2 Å². The van der Waals surface area contributed by atoms with Gasteiger partial charge in [-0.3, -0.25) is 0 Å². The molecular weight excluding hydrogens is 404 g/mol. The summed E-state index contributed by atoms with van der Waals surface area (Å²) < 4.78 is 24.6. The predicted molar refractivity (Wildman–Crippen MR) is 125 cm³/mol. The van der Waals surface area contributed by atoms with Crippen molar-refractivity contribution in [1.82, 2.24) is 0 Å². The van der Waals surface area contributed by atoms with Gasteiger partial charge in [-0.2, -0.15) is 0 Å². The molecule has 0 aromatic heterocycles. The van der Waals surface area contributed by atoms with E-state index < -0.39 is 6.10 Å². The Morgan fingerprint density at radius 3 is 2.50 bits per heavy atom. The molecule has 0 spiro atoms. The molecule has 0 aromatic rings. The Morgan fingerprint density at radius 1 is 1.06 bits per heavy atom. The molecule has 2 aliphatic carbocycles. The number of aliphatic hydroxyl groups is 1. The maximum atomic E-state index is 10.7. The highest BCUT2D eigenvalue weighted by atomic mass is 16.7. The molecule has 32 heavy (non-hydrogen) atoms. The average Bonchev–Trinajstić information content (AvgIpc) is 3.28. The number of fused-ring (bicyclic) bond motifs is 1. The average molecular weight is 449 g/mol. The summed E-state index contributed by atoms with van der Waals surface area (Å²) in [6.45, 7) is 7.97. The molecule has 4 rings (SSSR count). The van der Waals surface area contributed by atoms with E-state index in [-0.39, 0.29) is 36.6 Å². The lowest BCUT2D eigenvalue weighted by Gasteiger charge is -2.30. The number of hydrogen-bond acceptors (Lipinski definition) is 5. The van der Waals surface area contributed by atoms with E-state index in [2.05, 4.69) is 25.7 Å². The molecule has 4 fully saturated rings. The van der Waals surface area contributed by atoms with Crippen LogP contribution in [0, 0.1) is 17.8 Å². The van der Waals surface area contributed by atoms with Crippen molar-refractivity contribution in [2.24, 2.45) is 17.8 Å². The molecule has 5 nitrogen and oxygen atoms in total. The third-order valence-corrected chi connectivity index (χ3v) is 7.87. The van der Waals surface area contributed by atoms with Gasteiger partial charge >= 0.3 is 0 Å². The van der Waals surface area contributed by atoms with Gasteiger partial charge in [-0.1, -0.05) is 44.9 Å². The van der Waals surface area contributed by atoms with Crippen LogP contribution in [0.15, 0.2) is 24.3 Å². The lowest BCUT2D eigenvalue weighted by atomic mass is 9.90. The summed E-state index contributed by atoms with van der Waals surface area (Å²) in [5.74, 6) is 0.903. The van der Waals surface area contributed by atoms with E-state index in [1.807, 2.05) is 0 Å². The zero-order valence-electron chi connectivity index (χ0n) is 20.0. The molecule has 0 radical (unpaired) electrons. The van der Waals surface area contributed by atoms with Crippen LogP contribution in [0.3, 0.4) is 0 Å². The Bertz CT molecular complexity index is 607. The Labute approximate surface area is 194 Å². The SMILES string of the molecule is C=C1C[C@@H]2[C@H](C=C[C@H](CCCCC)OC3CCCCO3)[C@H](OC3CCCCO3)C[C@@H]2C1O.